The third kappa shape index (κ3) is 5.86. The Morgan fingerprint density at radius 1 is 1.12 bits per heavy atom. The third-order valence-electron chi connectivity index (χ3n) is 5.96. The van der Waals surface area contributed by atoms with Gasteiger partial charge in [-0.05, 0) is 31.2 Å². The predicted octanol–water partition coefficient (Wildman–Crippen LogP) is 2.72. The Morgan fingerprint density at radius 3 is 2.56 bits per heavy atom. The molecule has 1 amide bonds. The zero-order valence-corrected chi connectivity index (χ0v) is 21.1. The number of nitrogens with zero attached hydrogens (tertiary/aromatic N) is 3. The van der Waals surface area contributed by atoms with Crippen molar-refractivity contribution in [2.45, 2.75) is 18.2 Å². The van der Waals surface area contributed by atoms with Gasteiger partial charge in [0.25, 0.3) is 0 Å². The van der Waals surface area contributed by atoms with E-state index < -0.39 is 9.84 Å². The summed E-state index contributed by atoms with van der Waals surface area (Å²) >= 11 is 1.67. The number of anilines is 1. The number of para-hydroxylation sites is 1. The Morgan fingerprint density at radius 2 is 1.85 bits per heavy atom. The van der Waals surface area contributed by atoms with Gasteiger partial charge < -0.3 is 15.0 Å². The van der Waals surface area contributed by atoms with Crippen molar-refractivity contribution in [2.24, 2.45) is 0 Å². The van der Waals surface area contributed by atoms with E-state index in [0.717, 1.165) is 59.4 Å². The summed E-state index contributed by atoms with van der Waals surface area (Å²) in [4.78, 5) is 21.8. The average Bonchev–Trinajstić information content (AvgIpc) is 3.28. The quantitative estimate of drug-likeness (QED) is 0.481. The van der Waals surface area contributed by atoms with E-state index in [0.29, 0.717) is 6.54 Å². The summed E-state index contributed by atoms with van der Waals surface area (Å²) in [6.45, 7) is 6.63. The molecule has 1 fully saturated rings. The van der Waals surface area contributed by atoms with E-state index in [-0.39, 0.29) is 23.0 Å². The normalized spacial score (nSPS) is 14.9. The lowest BCUT2D eigenvalue weighted by atomic mass is 10.2. The van der Waals surface area contributed by atoms with Crippen LogP contribution in [0, 0.1) is 6.92 Å². The largest absolute Gasteiger partial charge is 0.494 e. The zero-order chi connectivity index (χ0) is 24.1. The molecule has 0 radical (unpaired) electrons. The molecule has 1 saturated heterocycles. The highest BCUT2D eigenvalue weighted by Crippen LogP contribution is 2.34. The first-order valence-electron chi connectivity index (χ1n) is 11.3. The first-order chi connectivity index (χ1) is 16.4. The first-order valence-corrected chi connectivity index (χ1v) is 13.8. The number of carbonyl (C=O) groups is 1. The van der Waals surface area contributed by atoms with Crippen LogP contribution in [0.5, 0.6) is 5.75 Å². The Hall–Kier alpha value is -2.69. The van der Waals surface area contributed by atoms with Gasteiger partial charge in [0.15, 0.2) is 15.0 Å². The fourth-order valence-corrected chi connectivity index (χ4v) is 6.18. The number of piperazine rings is 1. The number of thiazole rings is 1. The van der Waals surface area contributed by atoms with Crippen molar-refractivity contribution in [3.05, 3.63) is 48.0 Å². The van der Waals surface area contributed by atoms with E-state index in [2.05, 4.69) is 21.2 Å². The van der Waals surface area contributed by atoms with E-state index in [1.165, 1.54) is 0 Å². The van der Waals surface area contributed by atoms with E-state index in [1.54, 1.807) is 42.7 Å². The molecule has 1 aromatic heterocycles. The number of aromatic nitrogens is 1. The summed E-state index contributed by atoms with van der Waals surface area (Å²) in [6.07, 6.45) is -0.0367. The third-order valence-corrected chi connectivity index (χ3v) is 8.77. The molecule has 0 unspecified atom stereocenters. The van der Waals surface area contributed by atoms with Crippen molar-refractivity contribution in [2.75, 3.05) is 57.0 Å². The van der Waals surface area contributed by atoms with Gasteiger partial charge >= 0.3 is 0 Å². The van der Waals surface area contributed by atoms with Crippen LogP contribution in [0.1, 0.15) is 12.0 Å². The van der Waals surface area contributed by atoms with Crippen molar-refractivity contribution < 1.29 is 17.9 Å². The Bertz CT molecular complexity index is 1230. The molecule has 10 heteroatoms. The molecule has 1 aliphatic heterocycles. The van der Waals surface area contributed by atoms with E-state index in [9.17, 15) is 13.2 Å². The van der Waals surface area contributed by atoms with E-state index >= 15 is 0 Å². The minimum absolute atomic E-state index is 0.0367. The first kappa shape index (κ1) is 24.4. The number of hydrogen-bond acceptors (Lipinski definition) is 8. The van der Waals surface area contributed by atoms with Gasteiger partial charge in [0, 0.05) is 45.7 Å². The molecule has 0 spiro atoms. The average molecular weight is 503 g/mol. The molecule has 0 bridgehead atoms. The Balaban J connectivity index is 1.19. The molecule has 0 aliphatic carbocycles. The Labute approximate surface area is 204 Å². The monoisotopic (exact) mass is 502 g/mol. The lowest BCUT2D eigenvalue weighted by Gasteiger charge is -2.34. The maximum absolute atomic E-state index is 12.4. The highest BCUT2D eigenvalue weighted by molar-refractivity contribution is 7.91. The van der Waals surface area contributed by atoms with Crippen LogP contribution in [-0.2, 0) is 14.6 Å². The van der Waals surface area contributed by atoms with Crippen molar-refractivity contribution >= 4 is 42.4 Å². The molecule has 34 heavy (non-hydrogen) atoms. The highest BCUT2D eigenvalue weighted by atomic mass is 32.2. The number of rotatable bonds is 9. The summed E-state index contributed by atoms with van der Waals surface area (Å²) in [5, 5.41) is 3.86. The van der Waals surface area contributed by atoms with Gasteiger partial charge in [0.1, 0.15) is 11.3 Å². The van der Waals surface area contributed by atoms with Gasteiger partial charge in [-0.15, -0.1) is 0 Å². The lowest BCUT2D eigenvalue weighted by molar-refractivity contribution is -0.120. The number of aryl methyl sites for hydroxylation is 1. The molecule has 1 aliphatic rings. The summed E-state index contributed by atoms with van der Waals surface area (Å²) < 4.78 is 31.3. The van der Waals surface area contributed by atoms with Gasteiger partial charge in [-0.2, -0.15) is 0 Å². The number of sulfone groups is 1. The van der Waals surface area contributed by atoms with Gasteiger partial charge in [0.2, 0.25) is 5.91 Å². The second-order valence-corrected chi connectivity index (χ2v) is 11.5. The van der Waals surface area contributed by atoms with Crippen molar-refractivity contribution in [1.82, 2.24) is 15.2 Å². The zero-order valence-electron chi connectivity index (χ0n) is 19.5. The van der Waals surface area contributed by atoms with Crippen LogP contribution < -0.4 is 15.0 Å². The van der Waals surface area contributed by atoms with Crippen LogP contribution in [-0.4, -0.2) is 76.3 Å². The molecule has 1 N–H and O–H groups in total. The highest BCUT2D eigenvalue weighted by Gasteiger charge is 2.21. The molecule has 0 saturated carbocycles. The van der Waals surface area contributed by atoms with Crippen LogP contribution in [0.25, 0.3) is 10.2 Å². The summed E-state index contributed by atoms with van der Waals surface area (Å²) in [7, 11) is -1.79. The van der Waals surface area contributed by atoms with Crippen LogP contribution in [0.15, 0.2) is 47.4 Å². The topological polar surface area (TPSA) is 91.8 Å². The minimum Gasteiger partial charge on any atom is -0.494 e. The molecular formula is C24H30N4O4S2. The number of nitrogens with one attached hydrogen (secondary N) is 1. The van der Waals surface area contributed by atoms with Crippen molar-refractivity contribution in [3.63, 3.8) is 0 Å². The Kier molecular flexibility index (Phi) is 7.70. The summed E-state index contributed by atoms with van der Waals surface area (Å²) in [5.41, 5.74) is 1.90. The number of hydrogen-bond donors (Lipinski definition) is 1. The van der Waals surface area contributed by atoms with E-state index in [4.69, 9.17) is 9.72 Å². The number of ether oxygens (including phenoxy) is 1. The molecule has 0 atom stereocenters. The van der Waals surface area contributed by atoms with Crippen molar-refractivity contribution in [1.29, 1.82) is 0 Å². The molecular weight excluding hydrogens is 472 g/mol. The molecule has 2 aromatic carbocycles. The summed E-state index contributed by atoms with van der Waals surface area (Å²) in [5.74, 6) is 0.367. The lowest BCUT2D eigenvalue weighted by Crippen LogP contribution is -2.48. The van der Waals surface area contributed by atoms with Crippen LogP contribution in [0.4, 0.5) is 5.13 Å². The fraction of sp³-hybridized carbons (Fsp3) is 0.417. The van der Waals surface area contributed by atoms with Gasteiger partial charge in [0.05, 0.1) is 22.5 Å². The maximum Gasteiger partial charge on any atom is 0.221 e. The standard InChI is InChI=1S/C24H30N4O4S2/c1-18-6-8-19(9-7-18)34(30,31)17-10-22(29)25-11-12-27-13-15-28(16-14-27)24-26-23-20(32-2)4-3-5-21(23)33-24/h3-9H,10-17H2,1-2H3,(H,25,29). The fourth-order valence-electron chi connectivity index (χ4n) is 3.91. The molecule has 2 heterocycles. The van der Waals surface area contributed by atoms with Crippen LogP contribution in [0.3, 0.4) is 0 Å². The molecule has 182 valence electrons. The van der Waals surface area contributed by atoms with Crippen molar-refractivity contribution in [3.8, 4) is 5.75 Å². The number of amides is 1. The van der Waals surface area contributed by atoms with Gasteiger partial charge in [-0.25, -0.2) is 13.4 Å². The number of carbonyl (C=O) groups excluding carboxylic acids is 1. The smallest absolute Gasteiger partial charge is 0.221 e. The van der Waals surface area contributed by atoms with Gasteiger partial charge in [-0.3, -0.25) is 9.69 Å². The molecule has 8 nitrogen and oxygen atoms in total. The number of benzene rings is 2. The predicted molar refractivity (Wildman–Crippen MR) is 136 cm³/mol. The minimum atomic E-state index is -3.45. The second-order valence-electron chi connectivity index (χ2n) is 8.36. The second kappa shape index (κ2) is 10.7. The molecule has 4 rings (SSSR count). The molecule has 3 aromatic rings. The summed E-state index contributed by atoms with van der Waals surface area (Å²) in [6, 6.07) is 12.7. The number of methoxy groups -OCH3 is 1. The van der Waals surface area contributed by atoms with E-state index in [1.807, 2.05) is 19.1 Å². The van der Waals surface area contributed by atoms with Gasteiger partial charge in [-0.1, -0.05) is 35.1 Å². The van der Waals surface area contributed by atoms with Crippen LogP contribution >= 0.6 is 11.3 Å². The van der Waals surface area contributed by atoms with Crippen LogP contribution in [0.2, 0.25) is 0 Å². The SMILES string of the molecule is COc1cccc2sc(N3CCN(CCNC(=O)CCS(=O)(=O)c4ccc(C)cc4)CC3)nc12. The number of fused-ring (bicyclic) bond motifs is 1. The maximum atomic E-state index is 12.4.